The van der Waals surface area contributed by atoms with E-state index in [1.165, 1.54) is 7.11 Å². The zero-order chi connectivity index (χ0) is 19.8. The van der Waals surface area contributed by atoms with Crippen LogP contribution in [0.25, 0.3) is 0 Å². The van der Waals surface area contributed by atoms with Crippen LogP contribution in [0.5, 0.6) is 0 Å². The van der Waals surface area contributed by atoms with Crippen molar-refractivity contribution < 1.29 is 9.53 Å². The van der Waals surface area contributed by atoms with E-state index in [1.807, 2.05) is 42.2 Å². The van der Waals surface area contributed by atoms with Crippen LogP contribution in [0.4, 0.5) is 5.82 Å². The lowest BCUT2D eigenvalue weighted by atomic mass is 10.1. The number of aromatic amines is 1. The van der Waals surface area contributed by atoms with Crippen molar-refractivity contribution >= 4 is 11.6 Å². The molecule has 0 saturated heterocycles. The van der Waals surface area contributed by atoms with Crippen LogP contribution in [0, 0.1) is 0 Å². The van der Waals surface area contributed by atoms with Crippen LogP contribution in [-0.2, 0) is 17.8 Å². The molecular weight excluding hydrogens is 348 g/mol. The summed E-state index contributed by atoms with van der Waals surface area (Å²) < 4.78 is 6.10. The zero-order valence-corrected chi connectivity index (χ0v) is 15.7. The van der Waals surface area contributed by atoms with Crippen molar-refractivity contribution in [3.05, 3.63) is 62.3 Å². The number of carbonyl (C=O) groups excluding carboxylic acids is 1. The average molecular weight is 374 g/mol. The molecule has 2 rings (SSSR count). The van der Waals surface area contributed by atoms with Gasteiger partial charge < -0.3 is 10.5 Å². The Morgan fingerprint density at radius 3 is 2.59 bits per heavy atom. The Kier molecular flexibility index (Phi) is 7.51. The maximum atomic E-state index is 12.8. The molecule has 0 bridgehead atoms. The first kappa shape index (κ1) is 20.6. The number of H-pyrrole nitrogens is 1. The normalized spacial score (nSPS) is 11.1. The standard InChI is InChI=1S/C19H26N4O4/c1-3-9-22(12-14-7-5-4-6-8-14)13-15(24)16-17(20)23(10-11-27-2)19(26)21-18(16)25/h4-8H,3,9-13,20H2,1-2H3,(H,21,25,26). The van der Waals surface area contributed by atoms with Gasteiger partial charge in [-0.05, 0) is 18.5 Å². The number of aromatic nitrogens is 2. The number of nitrogen functional groups attached to an aromatic ring is 1. The fraction of sp³-hybridized carbons (Fsp3) is 0.421. The number of anilines is 1. The number of carbonyl (C=O) groups is 1. The summed E-state index contributed by atoms with van der Waals surface area (Å²) in [5.41, 5.74) is 5.46. The molecule has 0 radical (unpaired) electrons. The van der Waals surface area contributed by atoms with Crippen LogP contribution in [0.3, 0.4) is 0 Å². The summed E-state index contributed by atoms with van der Waals surface area (Å²) in [7, 11) is 1.49. The van der Waals surface area contributed by atoms with Gasteiger partial charge in [0.1, 0.15) is 11.4 Å². The van der Waals surface area contributed by atoms with E-state index in [-0.39, 0.29) is 31.1 Å². The maximum Gasteiger partial charge on any atom is 0.330 e. The molecule has 8 heteroatoms. The van der Waals surface area contributed by atoms with Crippen LogP contribution in [0.15, 0.2) is 39.9 Å². The van der Waals surface area contributed by atoms with Gasteiger partial charge in [-0.25, -0.2) is 4.79 Å². The highest BCUT2D eigenvalue weighted by molar-refractivity contribution is 6.01. The number of hydrogen-bond acceptors (Lipinski definition) is 6. The first-order valence-corrected chi connectivity index (χ1v) is 8.88. The highest BCUT2D eigenvalue weighted by Gasteiger charge is 2.21. The molecule has 1 aromatic heterocycles. The van der Waals surface area contributed by atoms with Crippen LogP contribution < -0.4 is 17.0 Å². The van der Waals surface area contributed by atoms with Crippen molar-refractivity contribution in [1.82, 2.24) is 14.5 Å². The summed E-state index contributed by atoms with van der Waals surface area (Å²) in [5, 5.41) is 0. The molecular formula is C19H26N4O4. The number of rotatable bonds is 10. The summed E-state index contributed by atoms with van der Waals surface area (Å²) in [6, 6.07) is 9.78. The molecule has 0 atom stereocenters. The molecule has 0 unspecified atom stereocenters. The molecule has 1 aromatic carbocycles. The van der Waals surface area contributed by atoms with Gasteiger partial charge in [0, 0.05) is 13.7 Å². The maximum absolute atomic E-state index is 12.8. The molecule has 1 heterocycles. The van der Waals surface area contributed by atoms with Crippen molar-refractivity contribution in [2.24, 2.45) is 0 Å². The molecule has 0 amide bonds. The molecule has 0 aliphatic rings. The molecule has 27 heavy (non-hydrogen) atoms. The van der Waals surface area contributed by atoms with Gasteiger partial charge in [-0.2, -0.15) is 0 Å². The Balaban J connectivity index is 2.27. The predicted octanol–water partition coefficient (Wildman–Crippen LogP) is 0.860. The lowest BCUT2D eigenvalue weighted by Crippen LogP contribution is -2.39. The SMILES string of the molecule is CCCN(CC(=O)c1c(N)n(CCOC)c(=O)[nH]c1=O)Cc1ccccc1. The van der Waals surface area contributed by atoms with Gasteiger partial charge in [-0.15, -0.1) is 0 Å². The van der Waals surface area contributed by atoms with Gasteiger partial charge in [0.2, 0.25) is 0 Å². The molecule has 0 aliphatic heterocycles. The highest BCUT2D eigenvalue weighted by Crippen LogP contribution is 2.10. The lowest BCUT2D eigenvalue weighted by molar-refractivity contribution is 0.0924. The van der Waals surface area contributed by atoms with E-state index in [0.717, 1.165) is 16.6 Å². The number of nitrogens with one attached hydrogen (secondary N) is 1. The molecule has 8 nitrogen and oxygen atoms in total. The highest BCUT2D eigenvalue weighted by atomic mass is 16.5. The number of benzene rings is 1. The van der Waals surface area contributed by atoms with Crippen molar-refractivity contribution in [2.45, 2.75) is 26.4 Å². The zero-order valence-electron chi connectivity index (χ0n) is 15.7. The molecule has 146 valence electrons. The minimum atomic E-state index is -0.757. The predicted molar refractivity (Wildman–Crippen MR) is 104 cm³/mol. The Morgan fingerprint density at radius 2 is 1.96 bits per heavy atom. The van der Waals surface area contributed by atoms with Crippen LogP contribution in [-0.4, -0.2) is 47.0 Å². The van der Waals surface area contributed by atoms with Gasteiger partial charge in [0.25, 0.3) is 5.56 Å². The summed E-state index contributed by atoms with van der Waals surface area (Å²) in [4.78, 5) is 41.1. The van der Waals surface area contributed by atoms with E-state index in [4.69, 9.17) is 10.5 Å². The third-order valence-electron chi connectivity index (χ3n) is 4.19. The van der Waals surface area contributed by atoms with Crippen LogP contribution in [0.2, 0.25) is 0 Å². The largest absolute Gasteiger partial charge is 0.384 e. The summed E-state index contributed by atoms with van der Waals surface area (Å²) in [6.07, 6.45) is 0.860. The second-order valence-corrected chi connectivity index (χ2v) is 6.28. The Hall–Kier alpha value is -2.71. The fourth-order valence-corrected chi connectivity index (χ4v) is 2.92. The van der Waals surface area contributed by atoms with Crippen LogP contribution in [0.1, 0.15) is 29.3 Å². The first-order chi connectivity index (χ1) is 13.0. The number of hydrogen-bond donors (Lipinski definition) is 2. The van der Waals surface area contributed by atoms with E-state index in [2.05, 4.69) is 4.98 Å². The molecule has 3 N–H and O–H groups in total. The van der Waals surface area contributed by atoms with E-state index in [0.29, 0.717) is 13.1 Å². The molecule has 0 spiro atoms. The third kappa shape index (κ3) is 5.38. The quantitative estimate of drug-likeness (QED) is 0.597. The van der Waals surface area contributed by atoms with E-state index in [9.17, 15) is 14.4 Å². The van der Waals surface area contributed by atoms with Crippen molar-refractivity contribution in [2.75, 3.05) is 32.5 Å². The van der Waals surface area contributed by atoms with Gasteiger partial charge in [-0.3, -0.25) is 24.0 Å². The third-order valence-corrected chi connectivity index (χ3v) is 4.19. The number of methoxy groups -OCH3 is 1. The minimum absolute atomic E-state index is 0.0402. The van der Waals surface area contributed by atoms with E-state index in [1.54, 1.807) is 0 Å². The van der Waals surface area contributed by atoms with E-state index >= 15 is 0 Å². The van der Waals surface area contributed by atoms with Crippen molar-refractivity contribution in [1.29, 1.82) is 0 Å². The number of ether oxygens (including phenoxy) is 1. The van der Waals surface area contributed by atoms with Crippen molar-refractivity contribution in [3.63, 3.8) is 0 Å². The average Bonchev–Trinajstić information content (AvgIpc) is 2.62. The lowest BCUT2D eigenvalue weighted by Gasteiger charge is -2.21. The number of nitrogens with two attached hydrogens (primary N) is 1. The molecule has 0 fully saturated rings. The van der Waals surface area contributed by atoms with Gasteiger partial charge in [0.15, 0.2) is 5.78 Å². The monoisotopic (exact) mass is 374 g/mol. The first-order valence-electron chi connectivity index (χ1n) is 8.88. The molecule has 0 saturated carbocycles. The second kappa shape index (κ2) is 9.84. The topological polar surface area (TPSA) is 110 Å². The van der Waals surface area contributed by atoms with Gasteiger partial charge in [0.05, 0.1) is 19.7 Å². The van der Waals surface area contributed by atoms with Crippen molar-refractivity contribution in [3.8, 4) is 0 Å². The van der Waals surface area contributed by atoms with Gasteiger partial charge in [-0.1, -0.05) is 37.3 Å². The Labute approximate surface area is 157 Å². The number of nitrogens with zero attached hydrogens (tertiary/aromatic N) is 2. The Morgan fingerprint density at radius 1 is 1.26 bits per heavy atom. The summed E-state index contributed by atoms with van der Waals surface area (Å²) in [6.45, 7) is 3.73. The number of ketones is 1. The minimum Gasteiger partial charge on any atom is -0.384 e. The molecule has 2 aromatic rings. The van der Waals surface area contributed by atoms with Crippen LogP contribution >= 0.6 is 0 Å². The Bertz CT molecular complexity index is 874. The summed E-state index contributed by atoms with van der Waals surface area (Å²) in [5.74, 6) is -0.536. The smallest absolute Gasteiger partial charge is 0.330 e. The van der Waals surface area contributed by atoms with E-state index < -0.39 is 17.0 Å². The molecule has 0 aliphatic carbocycles. The summed E-state index contributed by atoms with van der Waals surface area (Å²) >= 11 is 0. The fourth-order valence-electron chi connectivity index (χ4n) is 2.92. The second-order valence-electron chi connectivity index (χ2n) is 6.28. The number of Topliss-reactive ketones (excluding diaryl/α,β-unsaturated/α-hetero) is 1. The van der Waals surface area contributed by atoms with Gasteiger partial charge >= 0.3 is 5.69 Å².